The Hall–Kier alpha value is -2.37. The van der Waals surface area contributed by atoms with Crippen molar-refractivity contribution in [3.8, 4) is 11.1 Å². The number of nitrogens with zero attached hydrogens (tertiary/aromatic N) is 3. The first kappa shape index (κ1) is 19.0. The summed E-state index contributed by atoms with van der Waals surface area (Å²) in [5.41, 5.74) is 4.66. The molecule has 0 spiro atoms. The lowest BCUT2D eigenvalue weighted by Crippen LogP contribution is -2.49. The van der Waals surface area contributed by atoms with E-state index in [1.165, 1.54) is 16.7 Å². The molecule has 2 heterocycles. The van der Waals surface area contributed by atoms with Gasteiger partial charge in [-0.2, -0.15) is 0 Å². The smallest absolute Gasteiger partial charge is 0.237 e. The second-order valence-electron chi connectivity index (χ2n) is 8.22. The van der Waals surface area contributed by atoms with Crippen molar-refractivity contribution in [3.63, 3.8) is 0 Å². The van der Waals surface area contributed by atoms with E-state index < -0.39 is 0 Å². The lowest BCUT2D eigenvalue weighted by atomic mass is 9.81. The Morgan fingerprint density at radius 1 is 1.14 bits per heavy atom. The number of aliphatic hydroxyl groups excluding tert-OH is 1. The molecule has 5 heteroatoms. The SMILES string of the molecule is CN(C)CC(=O)N1CC[C@@H]2[C@@H](CO)N(C)c3ccc(-c4ccccc4)cc3[C@@H]21. The Balaban J connectivity index is 1.79. The maximum absolute atomic E-state index is 13.0. The van der Waals surface area contributed by atoms with E-state index in [1.54, 1.807) is 0 Å². The van der Waals surface area contributed by atoms with Gasteiger partial charge in [0, 0.05) is 25.2 Å². The summed E-state index contributed by atoms with van der Waals surface area (Å²) in [6, 6.07) is 16.9. The monoisotopic (exact) mass is 379 g/mol. The molecule has 0 bridgehead atoms. The van der Waals surface area contributed by atoms with E-state index in [-0.39, 0.29) is 30.5 Å². The summed E-state index contributed by atoms with van der Waals surface area (Å²) < 4.78 is 0. The minimum atomic E-state index is 0.0273. The number of likely N-dealkylation sites (N-methyl/N-ethyl adjacent to an activating group) is 2. The van der Waals surface area contributed by atoms with E-state index in [0.29, 0.717) is 6.54 Å². The molecule has 0 saturated carbocycles. The van der Waals surface area contributed by atoms with Crippen molar-refractivity contribution in [1.29, 1.82) is 0 Å². The summed E-state index contributed by atoms with van der Waals surface area (Å²) in [6.45, 7) is 1.27. The molecular weight excluding hydrogens is 350 g/mol. The molecular formula is C23H29N3O2. The molecule has 148 valence electrons. The van der Waals surface area contributed by atoms with Gasteiger partial charge < -0.3 is 19.8 Å². The topological polar surface area (TPSA) is 47.0 Å². The van der Waals surface area contributed by atoms with Crippen LogP contribution in [0.3, 0.4) is 0 Å². The van der Waals surface area contributed by atoms with Crippen molar-refractivity contribution >= 4 is 11.6 Å². The number of aliphatic hydroxyl groups is 1. The van der Waals surface area contributed by atoms with Crippen LogP contribution in [0.1, 0.15) is 18.0 Å². The van der Waals surface area contributed by atoms with Gasteiger partial charge in [0.2, 0.25) is 5.91 Å². The minimum absolute atomic E-state index is 0.0273. The number of likely N-dealkylation sites (tertiary alicyclic amines) is 1. The lowest BCUT2D eigenvalue weighted by Gasteiger charge is -2.44. The van der Waals surface area contributed by atoms with Gasteiger partial charge in [-0.1, -0.05) is 36.4 Å². The normalized spacial score (nSPS) is 23.7. The Bertz CT molecular complexity index is 852. The minimum Gasteiger partial charge on any atom is -0.394 e. The number of carbonyl (C=O) groups is 1. The highest BCUT2D eigenvalue weighted by atomic mass is 16.3. The summed E-state index contributed by atoms with van der Waals surface area (Å²) in [5, 5.41) is 10.1. The van der Waals surface area contributed by atoms with Crippen LogP contribution in [0.4, 0.5) is 5.69 Å². The van der Waals surface area contributed by atoms with Gasteiger partial charge >= 0.3 is 0 Å². The maximum atomic E-state index is 13.0. The number of rotatable bonds is 4. The average molecular weight is 380 g/mol. The fourth-order valence-electron chi connectivity index (χ4n) is 4.91. The van der Waals surface area contributed by atoms with E-state index >= 15 is 0 Å². The number of amides is 1. The summed E-state index contributed by atoms with van der Waals surface area (Å²) in [7, 11) is 5.92. The molecule has 0 aromatic heterocycles. The molecule has 1 N–H and O–H groups in total. The molecule has 1 amide bonds. The molecule has 1 saturated heterocycles. The molecule has 2 aliphatic heterocycles. The largest absolute Gasteiger partial charge is 0.394 e. The summed E-state index contributed by atoms with van der Waals surface area (Å²) in [6.07, 6.45) is 0.925. The number of hydrogen-bond acceptors (Lipinski definition) is 4. The van der Waals surface area contributed by atoms with Gasteiger partial charge in [0.25, 0.3) is 0 Å². The fraction of sp³-hybridized carbons (Fsp3) is 0.435. The molecule has 4 rings (SSSR count). The second kappa shape index (κ2) is 7.57. The first-order chi connectivity index (χ1) is 13.5. The Morgan fingerprint density at radius 3 is 2.57 bits per heavy atom. The Morgan fingerprint density at radius 2 is 1.89 bits per heavy atom. The molecule has 0 unspecified atom stereocenters. The lowest BCUT2D eigenvalue weighted by molar-refractivity contribution is -0.133. The van der Waals surface area contributed by atoms with Crippen LogP contribution in [0.5, 0.6) is 0 Å². The molecule has 5 nitrogen and oxygen atoms in total. The van der Waals surface area contributed by atoms with Gasteiger partial charge in [-0.25, -0.2) is 0 Å². The van der Waals surface area contributed by atoms with Gasteiger partial charge in [0.1, 0.15) is 0 Å². The molecule has 1 fully saturated rings. The van der Waals surface area contributed by atoms with Crippen molar-refractivity contribution in [2.45, 2.75) is 18.5 Å². The molecule has 2 aromatic carbocycles. The van der Waals surface area contributed by atoms with Crippen LogP contribution in [0.2, 0.25) is 0 Å². The summed E-state index contributed by atoms with van der Waals surface area (Å²) >= 11 is 0. The maximum Gasteiger partial charge on any atom is 0.237 e. The number of fused-ring (bicyclic) bond motifs is 3. The number of benzene rings is 2. The Kier molecular flexibility index (Phi) is 5.13. The second-order valence-corrected chi connectivity index (χ2v) is 8.22. The highest BCUT2D eigenvalue weighted by Crippen LogP contribution is 2.49. The third-order valence-corrected chi connectivity index (χ3v) is 6.23. The van der Waals surface area contributed by atoms with Crippen LogP contribution in [-0.4, -0.2) is 67.7 Å². The standard InChI is InChI=1S/C23H29N3O2/c1-24(2)14-22(28)26-12-11-18-21(15-27)25(3)20-10-9-17(13-19(20)23(18)26)16-7-5-4-6-8-16/h4-10,13,18,21,23,27H,11-12,14-15H2,1-3H3/t18-,21-,23-/m1/s1. The van der Waals surface area contributed by atoms with Crippen LogP contribution in [0.25, 0.3) is 11.1 Å². The zero-order valence-electron chi connectivity index (χ0n) is 16.9. The number of anilines is 1. The quantitative estimate of drug-likeness (QED) is 0.887. The zero-order valence-corrected chi connectivity index (χ0v) is 16.9. The summed E-state index contributed by atoms with van der Waals surface area (Å²) in [5.74, 6) is 0.412. The number of carbonyl (C=O) groups excluding carboxylic acids is 1. The van der Waals surface area contributed by atoms with E-state index in [0.717, 1.165) is 18.7 Å². The zero-order chi connectivity index (χ0) is 19.8. The third kappa shape index (κ3) is 3.19. The highest BCUT2D eigenvalue weighted by Gasteiger charge is 2.47. The van der Waals surface area contributed by atoms with Gasteiger partial charge in [0.05, 0.1) is 25.2 Å². The van der Waals surface area contributed by atoms with Crippen molar-refractivity contribution in [3.05, 3.63) is 54.1 Å². The van der Waals surface area contributed by atoms with Crippen molar-refractivity contribution in [2.24, 2.45) is 5.92 Å². The fourth-order valence-corrected chi connectivity index (χ4v) is 4.91. The van der Waals surface area contributed by atoms with E-state index in [2.05, 4.69) is 42.3 Å². The first-order valence-electron chi connectivity index (χ1n) is 9.98. The van der Waals surface area contributed by atoms with Crippen LogP contribution in [0.15, 0.2) is 48.5 Å². The molecule has 2 aliphatic rings. The first-order valence-corrected chi connectivity index (χ1v) is 9.98. The average Bonchev–Trinajstić information content (AvgIpc) is 3.13. The van der Waals surface area contributed by atoms with Crippen LogP contribution in [-0.2, 0) is 4.79 Å². The number of hydrogen-bond donors (Lipinski definition) is 1. The van der Waals surface area contributed by atoms with E-state index in [4.69, 9.17) is 0 Å². The van der Waals surface area contributed by atoms with Crippen LogP contribution in [0, 0.1) is 5.92 Å². The molecule has 2 aromatic rings. The third-order valence-electron chi connectivity index (χ3n) is 6.23. The van der Waals surface area contributed by atoms with Gasteiger partial charge in [-0.05, 0) is 49.3 Å². The van der Waals surface area contributed by atoms with Crippen molar-refractivity contribution in [1.82, 2.24) is 9.80 Å². The van der Waals surface area contributed by atoms with Crippen molar-refractivity contribution < 1.29 is 9.90 Å². The highest BCUT2D eigenvalue weighted by molar-refractivity contribution is 5.80. The molecule has 3 atom stereocenters. The molecule has 28 heavy (non-hydrogen) atoms. The van der Waals surface area contributed by atoms with Crippen molar-refractivity contribution in [2.75, 3.05) is 45.7 Å². The van der Waals surface area contributed by atoms with Crippen LogP contribution < -0.4 is 4.90 Å². The van der Waals surface area contributed by atoms with Gasteiger partial charge in [0.15, 0.2) is 0 Å². The van der Waals surface area contributed by atoms with E-state index in [9.17, 15) is 9.90 Å². The predicted molar refractivity (Wildman–Crippen MR) is 112 cm³/mol. The molecule has 0 radical (unpaired) electrons. The predicted octanol–water partition coefficient (Wildman–Crippen LogP) is 2.62. The van der Waals surface area contributed by atoms with Gasteiger partial charge in [-0.15, -0.1) is 0 Å². The van der Waals surface area contributed by atoms with Crippen LogP contribution >= 0.6 is 0 Å². The summed E-state index contributed by atoms with van der Waals surface area (Å²) in [4.78, 5) is 19.1. The van der Waals surface area contributed by atoms with E-state index in [1.807, 2.05) is 42.1 Å². The Labute approximate surface area is 167 Å². The van der Waals surface area contributed by atoms with Gasteiger partial charge in [-0.3, -0.25) is 4.79 Å². The molecule has 0 aliphatic carbocycles.